The second-order valence-corrected chi connectivity index (χ2v) is 7.45. The minimum atomic E-state index is -3.67. The van der Waals surface area contributed by atoms with Crippen LogP contribution in [-0.4, -0.2) is 29.6 Å². The van der Waals surface area contributed by atoms with Gasteiger partial charge in [-0.3, -0.25) is 4.68 Å². The minimum Gasteiger partial charge on any atom is -0.381 e. The summed E-state index contributed by atoms with van der Waals surface area (Å²) in [5.41, 5.74) is 6.60. The highest BCUT2D eigenvalue weighted by Crippen LogP contribution is 2.24. The Bertz CT molecular complexity index is 742. The SMILES string of the molecule is CCn1cc(S(=O)(=O)N(C)Cc2ccccc2Br)c(N)n1. The molecule has 0 bridgehead atoms. The maximum Gasteiger partial charge on any atom is 0.248 e. The van der Waals surface area contributed by atoms with Crippen LogP contribution in [0.15, 0.2) is 39.8 Å². The third kappa shape index (κ3) is 3.28. The monoisotopic (exact) mass is 372 g/mol. The van der Waals surface area contributed by atoms with Crippen molar-refractivity contribution in [2.24, 2.45) is 0 Å². The number of aromatic nitrogens is 2. The quantitative estimate of drug-likeness (QED) is 0.870. The van der Waals surface area contributed by atoms with Gasteiger partial charge in [0.2, 0.25) is 10.0 Å². The van der Waals surface area contributed by atoms with E-state index in [1.807, 2.05) is 31.2 Å². The molecule has 0 aliphatic rings. The lowest BCUT2D eigenvalue weighted by Crippen LogP contribution is -2.27. The summed E-state index contributed by atoms with van der Waals surface area (Å²) in [5.74, 6) is 0.0239. The second kappa shape index (κ2) is 6.17. The summed E-state index contributed by atoms with van der Waals surface area (Å²) < 4.78 is 28.8. The highest BCUT2D eigenvalue weighted by Gasteiger charge is 2.26. The number of sulfonamides is 1. The van der Waals surface area contributed by atoms with Crippen LogP contribution in [0, 0.1) is 0 Å². The fourth-order valence-corrected chi connectivity index (χ4v) is 3.51. The van der Waals surface area contributed by atoms with Gasteiger partial charge in [0.15, 0.2) is 5.82 Å². The molecule has 0 saturated carbocycles. The largest absolute Gasteiger partial charge is 0.381 e. The van der Waals surface area contributed by atoms with Crippen molar-refractivity contribution in [2.45, 2.75) is 24.9 Å². The molecule has 1 heterocycles. The van der Waals surface area contributed by atoms with Crippen LogP contribution in [-0.2, 0) is 23.1 Å². The summed E-state index contributed by atoms with van der Waals surface area (Å²) in [7, 11) is -2.14. The zero-order valence-electron chi connectivity index (χ0n) is 11.8. The first kappa shape index (κ1) is 16.0. The molecule has 114 valence electrons. The molecule has 0 fully saturated rings. The minimum absolute atomic E-state index is 0.0239. The first-order chi connectivity index (χ1) is 9.86. The molecule has 2 N–H and O–H groups in total. The van der Waals surface area contributed by atoms with E-state index >= 15 is 0 Å². The highest BCUT2D eigenvalue weighted by molar-refractivity contribution is 9.10. The maximum atomic E-state index is 12.6. The molecule has 6 nitrogen and oxygen atoms in total. The van der Waals surface area contributed by atoms with Crippen LogP contribution < -0.4 is 5.73 Å². The van der Waals surface area contributed by atoms with Gasteiger partial charge in [0, 0.05) is 30.8 Å². The van der Waals surface area contributed by atoms with Gasteiger partial charge < -0.3 is 5.73 Å². The molecule has 0 saturated heterocycles. The summed E-state index contributed by atoms with van der Waals surface area (Å²) in [6.07, 6.45) is 1.46. The Labute approximate surface area is 132 Å². The third-order valence-corrected chi connectivity index (χ3v) is 5.71. The molecule has 0 radical (unpaired) electrons. The highest BCUT2D eigenvalue weighted by atomic mass is 79.9. The van der Waals surface area contributed by atoms with Crippen molar-refractivity contribution in [3.8, 4) is 0 Å². The molecule has 1 aromatic carbocycles. The second-order valence-electron chi connectivity index (χ2n) is 4.59. The summed E-state index contributed by atoms with van der Waals surface area (Å²) >= 11 is 3.41. The number of hydrogen-bond donors (Lipinski definition) is 1. The van der Waals surface area contributed by atoms with E-state index in [1.54, 1.807) is 0 Å². The molecule has 1 aromatic heterocycles. The Morgan fingerprint density at radius 3 is 2.62 bits per heavy atom. The molecule has 0 amide bonds. The van der Waals surface area contributed by atoms with Crippen LogP contribution >= 0.6 is 15.9 Å². The number of halogens is 1. The van der Waals surface area contributed by atoms with Crippen LogP contribution in [0.2, 0.25) is 0 Å². The summed E-state index contributed by atoms with van der Waals surface area (Å²) in [5, 5.41) is 3.98. The average Bonchev–Trinajstić information content (AvgIpc) is 2.83. The molecular weight excluding hydrogens is 356 g/mol. The third-order valence-electron chi connectivity index (χ3n) is 3.12. The van der Waals surface area contributed by atoms with Gasteiger partial charge in [0.25, 0.3) is 0 Å². The number of aryl methyl sites for hydroxylation is 1. The Balaban J connectivity index is 2.30. The topological polar surface area (TPSA) is 81.2 Å². The number of rotatable bonds is 5. The predicted octanol–water partition coefficient (Wildman–Crippen LogP) is 2.07. The van der Waals surface area contributed by atoms with Crippen molar-refractivity contribution in [2.75, 3.05) is 12.8 Å². The fourth-order valence-electron chi connectivity index (χ4n) is 1.90. The molecule has 0 atom stereocenters. The van der Waals surface area contributed by atoms with Crippen molar-refractivity contribution in [1.29, 1.82) is 0 Å². The van der Waals surface area contributed by atoms with E-state index in [1.165, 1.54) is 22.2 Å². The first-order valence-electron chi connectivity index (χ1n) is 6.39. The summed E-state index contributed by atoms with van der Waals surface area (Å²) in [6, 6.07) is 7.49. The molecule has 2 aromatic rings. The van der Waals surface area contributed by atoms with Gasteiger partial charge in [-0.25, -0.2) is 8.42 Å². The van der Waals surface area contributed by atoms with E-state index in [9.17, 15) is 8.42 Å². The zero-order valence-corrected chi connectivity index (χ0v) is 14.2. The average molecular weight is 373 g/mol. The molecule has 8 heteroatoms. The van der Waals surface area contributed by atoms with Gasteiger partial charge in [0.1, 0.15) is 4.90 Å². The molecule has 2 rings (SSSR count). The van der Waals surface area contributed by atoms with E-state index < -0.39 is 10.0 Å². The fraction of sp³-hybridized carbons (Fsp3) is 0.308. The van der Waals surface area contributed by atoms with Crippen LogP contribution in [0.3, 0.4) is 0 Å². The Morgan fingerprint density at radius 1 is 1.38 bits per heavy atom. The number of anilines is 1. The lowest BCUT2D eigenvalue weighted by Gasteiger charge is -2.17. The van der Waals surface area contributed by atoms with Crippen molar-refractivity contribution in [3.63, 3.8) is 0 Å². The Kier molecular flexibility index (Phi) is 4.70. The van der Waals surface area contributed by atoms with Gasteiger partial charge in [0.05, 0.1) is 0 Å². The smallest absolute Gasteiger partial charge is 0.248 e. The van der Waals surface area contributed by atoms with E-state index in [4.69, 9.17) is 5.73 Å². The van der Waals surface area contributed by atoms with E-state index in [-0.39, 0.29) is 17.3 Å². The van der Waals surface area contributed by atoms with Gasteiger partial charge >= 0.3 is 0 Å². The van der Waals surface area contributed by atoms with E-state index in [0.717, 1.165) is 10.0 Å². The van der Waals surface area contributed by atoms with E-state index in [0.29, 0.717) is 6.54 Å². The Hall–Kier alpha value is -1.38. The van der Waals surface area contributed by atoms with Crippen molar-refractivity contribution in [1.82, 2.24) is 14.1 Å². The summed E-state index contributed by atoms with van der Waals surface area (Å²) in [6.45, 7) is 2.68. The maximum absolute atomic E-state index is 12.6. The predicted molar refractivity (Wildman–Crippen MR) is 85.1 cm³/mol. The van der Waals surface area contributed by atoms with Crippen molar-refractivity contribution in [3.05, 3.63) is 40.5 Å². The molecule has 21 heavy (non-hydrogen) atoms. The van der Waals surface area contributed by atoms with Crippen molar-refractivity contribution < 1.29 is 8.42 Å². The first-order valence-corrected chi connectivity index (χ1v) is 8.62. The standard InChI is InChI=1S/C13H17BrN4O2S/c1-3-18-9-12(13(15)16-18)21(19,20)17(2)8-10-6-4-5-7-11(10)14/h4-7,9H,3,8H2,1-2H3,(H2,15,16). The Morgan fingerprint density at radius 2 is 2.05 bits per heavy atom. The number of nitrogen functional groups attached to an aromatic ring is 1. The van der Waals surface area contributed by atoms with E-state index in [2.05, 4.69) is 21.0 Å². The molecule has 0 spiro atoms. The van der Waals surface area contributed by atoms with Gasteiger partial charge in [-0.15, -0.1) is 0 Å². The zero-order chi connectivity index (χ0) is 15.6. The van der Waals surface area contributed by atoms with Crippen LogP contribution in [0.5, 0.6) is 0 Å². The normalized spacial score (nSPS) is 12.0. The van der Waals surface area contributed by atoms with Crippen molar-refractivity contribution >= 4 is 31.8 Å². The summed E-state index contributed by atoms with van der Waals surface area (Å²) in [4.78, 5) is 0.0407. The lowest BCUT2D eigenvalue weighted by atomic mass is 10.2. The van der Waals surface area contributed by atoms with Gasteiger partial charge in [-0.2, -0.15) is 9.40 Å². The van der Waals surface area contributed by atoms with Gasteiger partial charge in [-0.1, -0.05) is 34.1 Å². The number of nitrogens with two attached hydrogens (primary N) is 1. The van der Waals surface area contributed by atoms with Gasteiger partial charge in [-0.05, 0) is 18.6 Å². The van der Waals surface area contributed by atoms with Crippen LogP contribution in [0.25, 0.3) is 0 Å². The van der Waals surface area contributed by atoms with Crippen LogP contribution in [0.1, 0.15) is 12.5 Å². The molecule has 0 unspecified atom stereocenters. The molecule has 0 aliphatic carbocycles. The number of benzene rings is 1. The lowest BCUT2D eigenvalue weighted by molar-refractivity contribution is 0.466. The number of nitrogens with zero attached hydrogens (tertiary/aromatic N) is 3. The molecular formula is C13H17BrN4O2S. The molecule has 0 aliphatic heterocycles. The number of hydrogen-bond acceptors (Lipinski definition) is 4. The van der Waals surface area contributed by atoms with Crippen LogP contribution in [0.4, 0.5) is 5.82 Å².